The lowest BCUT2D eigenvalue weighted by atomic mass is 9.84. The van der Waals surface area contributed by atoms with Gasteiger partial charge in [0.05, 0.1) is 11.2 Å². The topological polar surface area (TPSA) is 23.5 Å². The Balaban J connectivity index is 2.28. The summed E-state index contributed by atoms with van der Waals surface area (Å²) in [5.74, 6) is 0. The van der Waals surface area contributed by atoms with Gasteiger partial charge in [0.15, 0.2) is 0 Å². The minimum Gasteiger partial charge on any atom is -0.385 e. The molecule has 1 N–H and O–H groups in total. The van der Waals surface area contributed by atoms with Crippen molar-refractivity contribution in [3.8, 4) is 0 Å². The predicted octanol–water partition coefficient (Wildman–Crippen LogP) is 3.79. The average Bonchev–Trinajstić information content (AvgIpc) is 2.62. The molecule has 1 aliphatic rings. The molecule has 21 heavy (non-hydrogen) atoms. The van der Waals surface area contributed by atoms with Crippen LogP contribution in [0.15, 0.2) is 24.3 Å². The van der Waals surface area contributed by atoms with Crippen molar-refractivity contribution in [3.05, 3.63) is 35.4 Å². The largest absolute Gasteiger partial charge is 0.416 e. The van der Waals surface area contributed by atoms with E-state index in [0.29, 0.717) is 25.8 Å². The summed E-state index contributed by atoms with van der Waals surface area (Å²) in [5.41, 5.74) is -2.07. The average molecular weight is 301 g/mol. The van der Waals surface area contributed by atoms with Crippen LogP contribution < -0.4 is 0 Å². The molecule has 1 fully saturated rings. The first-order chi connectivity index (χ1) is 9.87. The first kappa shape index (κ1) is 16.3. The van der Waals surface area contributed by atoms with Crippen LogP contribution in [0.5, 0.6) is 0 Å². The molecule has 1 aromatic carbocycles. The standard InChI is InChI=1S/C16H22F3NO/c1-2-10-20-11-5-8-15(21,9-12-20)13-6-3-4-7-14(13)16(17,18)19/h3-4,6-7,21H,2,5,8-12H2,1H3. The van der Waals surface area contributed by atoms with Gasteiger partial charge in [0, 0.05) is 6.54 Å². The fourth-order valence-corrected chi connectivity index (χ4v) is 3.12. The highest BCUT2D eigenvalue weighted by Gasteiger charge is 2.41. The van der Waals surface area contributed by atoms with E-state index in [0.717, 1.165) is 25.6 Å². The van der Waals surface area contributed by atoms with Gasteiger partial charge in [0.25, 0.3) is 0 Å². The van der Waals surface area contributed by atoms with Crippen LogP contribution >= 0.6 is 0 Å². The zero-order chi connectivity index (χ0) is 15.5. The van der Waals surface area contributed by atoms with E-state index in [1.165, 1.54) is 12.1 Å². The fraction of sp³-hybridized carbons (Fsp3) is 0.625. The van der Waals surface area contributed by atoms with Gasteiger partial charge in [-0.25, -0.2) is 0 Å². The summed E-state index contributed by atoms with van der Waals surface area (Å²) in [5, 5.41) is 10.8. The first-order valence-corrected chi connectivity index (χ1v) is 7.48. The zero-order valence-electron chi connectivity index (χ0n) is 12.3. The fourth-order valence-electron chi connectivity index (χ4n) is 3.12. The number of likely N-dealkylation sites (tertiary alicyclic amines) is 1. The first-order valence-electron chi connectivity index (χ1n) is 7.48. The van der Waals surface area contributed by atoms with E-state index in [2.05, 4.69) is 11.8 Å². The molecule has 1 aromatic rings. The third-order valence-electron chi connectivity index (χ3n) is 4.18. The highest BCUT2D eigenvalue weighted by molar-refractivity contribution is 5.34. The van der Waals surface area contributed by atoms with Gasteiger partial charge in [-0.05, 0) is 50.4 Å². The summed E-state index contributed by atoms with van der Waals surface area (Å²) < 4.78 is 39.5. The van der Waals surface area contributed by atoms with Crippen LogP contribution in [-0.4, -0.2) is 29.6 Å². The molecular weight excluding hydrogens is 279 g/mol. The number of hydrogen-bond donors (Lipinski definition) is 1. The highest BCUT2D eigenvalue weighted by atomic mass is 19.4. The van der Waals surface area contributed by atoms with Crippen LogP contribution in [0.4, 0.5) is 13.2 Å². The second-order valence-corrected chi connectivity index (χ2v) is 5.77. The highest BCUT2D eigenvalue weighted by Crippen LogP contribution is 2.41. The van der Waals surface area contributed by atoms with E-state index in [1.54, 1.807) is 6.07 Å². The van der Waals surface area contributed by atoms with Crippen LogP contribution in [0.1, 0.15) is 43.7 Å². The molecule has 0 aliphatic carbocycles. The van der Waals surface area contributed by atoms with Crippen molar-refractivity contribution in [3.63, 3.8) is 0 Å². The molecule has 0 saturated carbocycles. The van der Waals surface area contributed by atoms with Gasteiger partial charge in [-0.1, -0.05) is 25.1 Å². The Morgan fingerprint density at radius 2 is 1.90 bits per heavy atom. The van der Waals surface area contributed by atoms with Gasteiger partial charge >= 0.3 is 6.18 Å². The van der Waals surface area contributed by atoms with Crippen molar-refractivity contribution in [1.29, 1.82) is 0 Å². The predicted molar refractivity (Wildman–Crippen MR) is 75.9 cm³/mol. The van der Waals surface area contributed by atoms with Crippen molar-refractivity contribution in [2.45, 2.75) is 44.4 Å². The second-order valence-electron chi connectivity index (χ2n) is 5.77. The molecule has 0 bridgehead atoms. The molecule has 1 aliphatic heterocycles. The lowest BCUT2D eigenvalue weighted by molar-refractivity contribution is -0.141. The molecule has 0 spiro atoms. The van der Waals surface area contributed by atoms with Gasteiger partial charge in [-0.3, -0.25) is 0 Å². The third kappa shape index (κ3) is 3.77. The minimum atomic E-state index is -4.43. The maximum Gasteiger partial charge on any atom is 0.416 e. The Morgan fingerprint density at radius 3 is 2.57 bits per heavy atom. The number of aliphatic hydroxyl groups is 1. The molecule has 1 unspecified atom stereocenters. The van der Waals surface area contributed by atoms with E-state index in [-0.39, 0.29) is 5.56 Å². The number of alkyl halides is 3. The summed E-state index contributed by atoms with van der Waals surface area (Å²) >= 11 is 0. The van der Waals surface area contributed by atoms with Gasteiger partial charge in [0.2, 0.25) is 0 Å². The van der Waals surface area contributed by atoms with Gasteiger partial charge in [-0.2, -0.15) is 13.2 Å². The molecular formula is C16H22F3NO. The summed E-state index contributed by atoms with van der Waals surface area (Å²) in [6.45, 7) is 4.48. The van der Waals surface area contributed by atoms with Gasteiger partial charge in [0.1, 0.15) is 0 Å². The van der Waals surface area contributed by atoms with E-state index in [1.807, 2.05) is 0 Å². The number of rotatable bonds is 3. The molecule has 0 aromatic heterocycles. The number of benzene rings is 1. The number of halogens is 3. The molecule has 118 valence electrons. The summed E-state index contributed by atoms with van der Waals surface area (Å²) in [6.07, 6.45) is -1.98. The van der Waals surface area contributed by atoms with Crippen LogP contribution in [-0.2, 0) is 11.8 Å². The van der Waals surface area contributed by atoms with Crippen LogP contribution in [0.3, 0.4) is 0 Å². The molecule has 1 saturated heterocycles. The molecule has 0 radical (unpaired) electrons. The Hall–Kier alpha value is -1.07. The van der Waals surface area contributed by atoms with E-state index >= 15 is 0 Å². The smallest absolute Gasteiger partial charge is 0.385 e. The molecule has 0 amide bonds. The lowest BCUT2D eigenvalue weighted by Gasteiger charge is -2.30. The molecule has 1 heterocycles. The van der Waals surface area contributed by atoms with E-state index in [4.69, 9.17) is 0 Å². The molecule has 2 nitrogen and oxygen atoms in total. The summed E-state index contributed by atoms with van der Waals surface area (Å²) in [7, 11) is 0. The Kier molecular flexibility index (Phi) is 4.94. The van der Waals surface area contributed by atoms with Crippen molar-refractivity contribution in [1.82, 2.24) is 4.90 Å². The maximum atomic E-state index is 13.2. The normalized spacial score (nSPS) is 24.8. The van der Waals surface area contributed by atoms with E-state index in [9.17, 15) is 18.3 Å². The van der Waals surface area contributed by atoms with E-state index < -0.39 is 17.3 Å². The monoisotopic (exact) mass is 301 g/mol. The Labute approximate surface area is 123 Å². The molecule has 1 atom stereocenters. The third-order valence-corrected chi connectivity index (χ3v) is 4.18. The second kappa shape index (κ2) is 6.36. The Bertz CT molecular complexity index is 475. The SMILES string of the molecule is CCCN1CCCC(O)(c2ccccc2C(F)(F)F)CC1. The van der Waals surface area contributed by atoms with Crippen molar-refractivity contribution >= 4 is 0 Å². The van der Waals surface area contributed by atoms with Crippen LogP contribution in [0.25, 0.3) is 0 Å². The lowest BCUT2D eigenvalue weighted by Crippen LogP contribution is -2.31. The number of nitrogens with zero attached hydrogens (tertiary/aromatic N) is 1. The van der Waals surface area contributed by atoms with Crippen molar-refractivity contribution in [2.75, 3.05) is 19.6 Å². The van der Waals surface area contributed by atoms with Crippen LogP contribution in [0, 0.1) is 0 Å². The maximum absolute atomic E-state index is 13.2. The van der Waals surface area contributed by atoms with Crippen molar-refractivity contribution < 1.29 is 18.3 Å². The minimum absolute atomic E-state index is 0.0239. The van der Waals surface area contributed by atoms with Crippen molar-refractivity contribution in [2.24, 2.45) is 0 Å². The van der Waals surface area contributed by atoms with Gasteiger partial charge in [-0.15, -0.1) is 0 Å². The molecule has 2 rings (SSSR count). The van der Waals surface area contributed by atoms with Crippen LogP contribution in [0.2, 0.25) is 0 Å². The Morgan fingerprint density at radius 1 is 1.19 bits per heavy atom. The molecule has 5 heteroatoms. The summed E-state index contributed by atoms with van der Waals surface area (Å²) in [6, 6.07) is 5.41. The summed E-state index contributed by atoms with van der Waals surface area (Å²) in [4.78, 5) is 2.22. The number of hydrogen-bond acceptors (Lipinski definition) is 2. The quantitative estimate of drug-likeness (QED) is 0.918. The zero-order valence-corrected chi connectivity index (χ0v) is 12.3. The van der Waals surface area contributed by atoms with Gasteiger partial charge < -0.3 is 10.0 Å².